The molecule has 1 aliphatic heterocycles. The van der Waals surface area contributed by atoms with Crippen LogP contribution >= 0.6 is 11.3 Å². The molecule has 1 saturated heterocycles. The Bertz CT molecular complexity index is 321. The molecule has 2 heterocycles. The van der Waals surface area contributed by atoms with Gasteiger partial charge in [0.15, 0.2) is 0 Å². The molecule has 88 valence electrons. The van der Waals surface area contributed by atoms with Crippen LogP contribution in [0.1, 0.15) is 9.67 Å². The number of rotatable bonds is 4. The zero-order chi connectivity index (χ0) is 11.2. The summed E-state index contributed by atoms with van der Waals surface area (Å²) in [4.78, 5) is 13.9. The summed E-state index contributed by atoms with van der Waals surface area (Å²) in [6.07, 6.45) is 0. The van der Waals surface area contributed by atoms with Crippen LogP contribution in [0, 0.1) is 0 Å². The molecule has 16 heavy (non-hydrogen) atoms. The molecule has 0 radical (unpaired) electrons. The SMILES string of the molecule is O=C(NCC[NH+]1CCOCC1)c1cccs1. The molecule has 0 bridgehead atoms. The number of carbonyl (C=O) groups is 1. The van der Waals surface area contributed by atoms with Crippen LogP contribution in [-0.2, 0) is 4.74 Å². The number of hydrogen-bond acceptors (Lipinski definition) is 3. The third-order valence-corrected chi connectivity index (χ3v) is 3.58. The first-order valence-corrected chi connectivity index (χ1v) is 6.47. The minimum Gasteiger partial charge on any atom is -0.370 e. The lowest BCUT2D eigenvalue weighted by Crippen LogP contribution is -3.14. The molecular weight excluding hydrogens is 224 g/mol. The van der Waals surface area contributed by atoms with Gasteiger partial charge in [-0.2, -0.15) is 0 Å². The molecule has 1 fully saturated rings. The van der Waals surface area contributed by atoms with Crippen LogP contribution < -0.4 is 10.2 Å². The third kappa shape index (κ3) is 3.30. The Morgan fingerprint density at radius 3 is 3.00 bits per heavy atom. The van der Waals surface area contributed by atoms with E-state index < -0.39 is 0 Å². The van der Waals surface area contributed by atoms with Gasteiger partial charge in [0.1, 0.15) is 13.1 Å². The summed E-state index contributed by atoms with van der Waals surface area (Å²) in [5.74, 6) is 0.0441. The molecule has 0 unspecified atom stereocenters. The highest BCUT2D eigenvalue weighted by atomic mass is 32.1. The predicted octanol–water partition coefficient (Wildman–Crippen LogP) is -0.607. The second-order valence-electron chi connectivity index (χ2n) is 3.85. The van der Waals surface area contributed by atoms with E-state index >= 15 is 0 Å². The van der Waals surface area contributed by atoms with Gasteiger partial charge in [-0.25, -0.2) is 0 Å². The number of quaternary nitrogens is 1. The van der Waals surface area contributed by atoms with Gasteiger partial charge in [0.25, 0.3) is 5.91 Å². The van der Waals surface area contributed by atoms with Crippen molar-refractivity contribution in [3.63, 3.8) is 0 Å². The average Bonchev–Trinajstić information content (AvgIpc) is 2.84. The quantitative estimate of drug-likeness (QED) is 0.739. The first-order chi connectivity index (χ1) is 7.86. The molecule has 0 spiro atoms. The second-order valence-corrected chi connectivity index (χ2v) is 4.79. The van der Waals surface area contributed by atoms with Crippen molar-refractivity contribution in [1.82, 2.24) is 5.32 Å². The molecule has 1 amide bonds. The summed E-state index contributed by atoms with van der Waals surface area (Å²) >= 11 is 1.48. The van der Waals surface area contributed by atoms with E-state index in [1.54, 1.807) is 0 Å². The monoisotopic (exact) mass is 241 g/mol. The molecule has 2 rings (SSSR count). The standard InChI is InChI=1S/C11H16N2O2S/c14-11(10-2-1-9-16-10)12-3-4-13-5-7-15-8-6-13/h1-2,9H,3-8H2,(H,12,14)/p+1. The largest absolute Gasteiger partial charge is 0.370 e. The van der Waals surface area contributed by atoms with E-state index in [1.807, 2.05) is 17.5 Å². The Hall–Kier alpha value is -0.910. The number of ether oxygens (including phenoxy) is 1. The first kappa shape index (κ1) is 11.6. The van der Waals surface area contributed by atoms with Crippen molar-refractivity contribution < 1.29 is 14.4 Å². The summed E-state index contributed by atoms with van der Waals surface area (Å²) in [7, 11) is 0. The van der Waals surface area contributed by atoms with Crippen LogP contribution in [-0.4, -0.2) is 45.3 Å². The lowest BCUT2D eigenvalue weighted by molar-refractivity contribution is -0.906. The number of nitrogens with one attached hydrogen (secondary N) is 2. The van der Waals surface area contributed by atoms with Crippen LogP contribution in [0.3, 0.4) is 0 Å². The fourth-order valence-corrected chi connectivity index (χ4v) is 2.40. The summed E-state index contributed by atoms with van der Waals surface area (Å²) in [6, 6.07) is 3.74. The maximum atomic E-state index is 11.6. The Balaban J connectivity index is 1.66. The van der Waals surface area contributed by atoms with Crippen molar-refractivity contribution in [1.29, 1.82) is 0 Å². The van der Waals surface area contributed by atoms with Crippen LogP contribution in [0.4, 0.5) is 0 Å². The Morgan fingerprint density at radius 2 is 2.31 bits per heavy atom. The fourth-order valence-electron chi connectivity index (χ4n) is 1.76. The lowest BCUT2D eigenvalue weighted by atomic mass is 10.4. The van der Waals surface area contributed by atoms with Crippen molar-refractivity contribution >= 4 is 17.2 Å². The molecule has 0 aliphatic carbocycles. The molecule has 1 aromatic rings. The average molecular weight is 241 g/mol. The zero-order valence-corrected chi connectivity index (χ0v) is 10.0. The van der Waals surface area contributed by atoms with Gasteiger partial charge in [0.05, 0.1) is 31.2 Å². The Morgan fingerprint density at radius 1 is 1.50 bits per heavy atom. The highest BCUT2D eigenvalue weighted by molar-refractivity contribution is 7.12. The maximum Gasteiger partial charge on any atom is 0.261 e. The van der Waals surface area contributed by atoms with Crippen LogP contribution in [0.2, 0.25) is 0 Å². The van der Waals surface area contributed by atoms with Crippen LogP contribution in [0.25, 0.3) is 0 Å². The molecule has 0 atom stereocenters. The van der Waals surface area contributed by atoms with Crippen LogP contribution in [0.15, 0.2) is 17.5 Å². The summed E-state index contributed by atoms with van der Waals surface area (Å²) < 4.78 is 5.28. The minimum absolute atomic E-state index is 0.0441. The molecule has 4 nitrogen and oxygen atoms in total. The topological polar surface area (TPSA) is 42.8 Å². The third-order valence-electron chi connectivity index (χ3n) is 2.71. The molecule has 0 saturated carbocycles. The van der Waals surface area contributed by atoms with Gasteiger partial charge in [0, 0.05) is 0 Å². The van der Waals surface area contributed by atoms with E-state index in [9.17, 15) is 4.79 Å². The number of carbonyl (C=O) groups excluding carboxylic acids is 1. The van der Waals surface area contributed by atoms with Crippen molar-refractivity contribution in [3.8, 4) is 0 Å². The van der Waals surface area contributed by atoms with E-state index in [0.29, 0.717) is 0 Å². The van der Waals surface area contributed by atoms with Gasteiger partial charge >= 0.3 is 0 Å². The number of hydrogen-bond donors (Lipinski definition) is 2. The van der Waals surface area contributed by atoms with Crippen molar-refractivity contribution in [2.24, 2.45) is 0 Å². The van der Waals surface area contributed by atoms with Gasteiger partial charge in [-0.3, -0.25) is 4.79 Å². The molecule has 5 heteroatoms. The van der Waals surface area contributed by atoms with Crippen LogP contribution in [0.5, 0.6) is 0 Å². The van der Waals surface area contributed by atoms with E-state index in [-0.39, 0.29) is 5.91 Å². The van der Waals surface area contributed by atoms with Gasteiger partial charge in [0.2, 0.25) is 0 Å². The number of morpholine rings is 1. The van der Waals surface area contributed by atoms with Gasteiger partial charge in [-0.15, -0.1) is 11.3 Å². The van der Waals surface area contributed by atoms with Gasteiger partial charge < -0.3 is 15.0 Å². The first-order valence-electron chi connectivity index (χ1n) is 5.59. The molecule has 2 N–H and O–H groups in total. The van der Waals surface area contributed by atoms with Crippen molar-refractivity contribution in [2.45, 2.75) is 0 Å². The number of thiophene rings is 1. The molecule has 1 aliphatic rings. The number of amides is 1. The molecular formula is C11H17N2O2S+. The van der Waals surface area contributed by atoms with E-state index in [1.165, 1.54) is 16.2 Å². The van der Waals surface area contributed by atoms with E-state index in [4.69, 9.17) is 4.74 Å². The smallest absolute Gasteiger partial charge is 0.261 e. The maximum absolute atomic E-state index is 11.6. The normalized spacial score (nSPS) is 17.2. The fraction of sp³-hybridized carbons (Fsp3) is 0.545. The Kier molecular flexibility index (Phi) is 4.33. The van der Waals surface area contributed by atoms with Gasteiger partial charge in [-0.1, -0.05) is 6.07 Å². The predicted molar refractivity (Wildman–Crippen MR) is 63.0 cm³/mol. The highest BCUT2D eigenvalue weighted by Gasteiger charge is 2.13. The van der Waals surface area contributed by atoms with Crippen molar-refractivity contribution in [3.05, 3.63) is 22.4 Å². The minimum atomic E-state index is 0.0441. The van der Waals surface area contributed by atoms with Gasteiger partial charge in [-0.05, 0) is 11.4 Å². The molecule has 0 aromatic carbocycles. The van der Waals surface area contributed by atoms with E-state index in [0.717, 1.165) is 44.3 Å². The second kappa shape index (κ2) is 5.98. The lowest BCUT2D eigenvalue weighted by Gasteiger charge is -2.23. The van der Waals surface area contributed by atoms with E-state index in [2.05, 4.69) is 5.32 Å². The summed E-state index contributed by atoms with van der Waals surface area (Å²) in [6.45, 7) is 5.51. The Labute approximate surface area is 99.2 Å². The summed E-state index contributed by atoms with van der Waals surface area (Å²) in [5, 5.41) is 4.86. The summed E-state index contributed by atoms with van der Waals surface area (Å²) in [5.41, 5.74) is 0. The van der Waals surface area contributed by atoms with Crippen molar-refractivity contribution in [2.75, 3.05) is 39.4 Å². The molecule has 1 aromatic heterocycles. The highest BCUT2D eigenvalue weighted by Crippen LogP contribution is 2.07. The zero-order valence-electron chi connectivity index (χ0n) is 9.20.